The molecule has 1 aromatic rings. The van der Waals surface area contributed by atoms with Crippen LogP contribution >= 0.6 is 0 Å². The standard InChI is InChI=1S/C14H19BN2O2/c1-6-10-7-8-11(12(9-16)17-10)15-18-13(2,3)14(4,5)19-15/h7-8H,6H2,1-5H3. The Labute approximate surface area is 114 Å². The molecule has 2 rings (SSSR count). The molecule has 0 spiro atoms. The van der Waals surface area contributed by atoms with Crippen molar-refractivity contribution in [3.05, 3.63) is 23.5 Å². The average Bonchev–Trinajstić information content (AvgIpc) is 2.57. The minimum atomic E-state index is -0.530. The fourth-order valence-electron chi connectivity index (χ4n) is 1.96. The molecule has 0 aromatic carbocycles. The van der Waals surface area contributed by atoms with Gasteiger partial charge in [0.15, 0.2) is 0 Å². The van der Waals surface area contributed by atoms with Gasteiger partial charge in [0.1, 0.15) is 11.8 Å². The summed E-state index contributed by atoms with van der Waals surface area (Å²) in [6.07, 6.45) is 0.804. The van der Waals surface area contributed by atoms with Gasteiger partial charge >= 0.3 is 7.12 Å². The van der Waals surface area contributed by atoms with Gasteiger partial charge in [0.2, 0.25) is 0 Å². The van der Waals surface area contributed by atoms with Crippen LogP contribution in [0, 0.1) is 11.3 Å². The summed E-state index contributed by atoms with van der Waals surface area (Å²) in [6.45, 7) is 9.98. The van der Waals surface area contributed by atoms with E-state index in [0.717, 1.165) is 12.1 Å². The summed E-state index contributed by atoms with van der Waals surface area (Å²) < 4.78 is 11.9. The summed E-state index contributed by atoms with van der Waals surface area (Å²) in [5.41, 5.74) is 1.18. The molecule has 4 nitrogen and oxygen atoms in total. The fourth-order valence-corrected chi connectivity index (χ4v) is 1.96. The number of hydrogen-bond acceptors (Lipinski definition) is 4. The molecule has 1 aliphatic heterocycles. The zero-order chi connectivity index (χ0) is 14.3. The van der Waals surface area contributed by atoms with E-state index in [2.05, 4.69) is 11.1 Å². The summed E-state index contributed by atoms with van der Waals surface area (Å²) in [5, 5.41) is 9.24. The van der Waals surface area contributed by atoms with Gasteiger partial charge in [-0.05, 0) is 40.2 Å². The minimum Gasteiger partial charge on any atom is -0.399 e. The van der Waals surface area contributed by atoms with E-state index in [-0.39, 0.29) is 0 Å². The second-order valence-electron chi connectivity index (χ2n) is 5.79. The van der Waals surface area contributed by atoms with E-state index in [4.69, 9.17) is 9.31 Å². The Morgan fingerprint density at radius 2 is 1.79 bits per heavy atom. The van der Waals surface area contributed by atoms with E-state index in [9.17, 15) is 5.26 Å². The van der Waals surface area contributed by atoms with E-state index < -0.39 is 18.3 Å². The van der Waals surface area contributed by atoms with Crippen molar-refractivity contribution in [2.24, 2.45) is 0 Å². The molecule has 1 aromatic heterocycles. The van der Waals surface area contributed by atoms with Crippen LogP contribution in [0.15, 0.2) is 12.1 Å². The number of rotatable bonds is 2. The number of aromatic nitrogens is 1. The van der Waals surface area contributed by atoms with Crippen LogP contribution in [0.5, 0.6) is 0 Å². The van der Waals surface area contributed by atoms with Crippen LogP contribution in [0.4, 0.5) is 0 Å². The lowest BCUT2D eigenvalue weighted by Crippen LogP contribution is -2.41. The van der Waals surface area contributed by atoms with Crippen molar-refractivity contribution in [3.63, 3.8) is 0 Å². The molecule has 0 bridgehead atoms. The maximum absolute atomic E-state index is 9.24. The van der Waals surface area contributed by atoms with Crippen LogP contribution in [0.3, 0.4) is 0 Å². The van der Waals surface area contributed by atoms with Gasteiger partial charge in [-0.25, -0.2) is 4.98 Å². The van der Waals surface area contributed by atoms with E-state index in [0.29, 0.717) is 11.2 Å². The molecule has 0 amide bonds. The van der Waals surface area contributed by atoms with Gasteiger partial charge in [-0.2, -0.15) is 5.26 Å². The predicted octanol–water partition coefficient (Wildman–Crippen LogP) is 1.81. The quantitative estimate of drug-likeness (QED) is 0.759. The first-order valence-corrected chi connectivity index (χ1v) is 6.56. The molecule has 1 fully saturated rings. The maximum atomic E-state index is 9.24. The van der Waals surface area contributed by atoms with E-state index in [1.807, 2.05) is 46.8 Å². The van der Waals surface area contributed by atoms with Crippen molar-refractivity contribution < 1.29 is 9.31 Å². The number of nitriles is 1. The van der Waals surface area contributed by atoms with E-state index in [1.165, 1.54) is 0 Å². The third-order valence-electron chi connectivity index (χ3n) is 3.96. The van der Waals surface area contributed by atoms with Crippen molar-refractivity contribution >= 4 is 12.6 Å². The first-order chi connectivity index (χ1) is 8.80. The smallest absolute Gasteiger partial charge is 0.399 e. The first-order valence-electron chi connectivity index (χ1n) is 6.56. The maximum Gasteiger partial charge on any atom is 0.497 e. The van der Waals surface area contributed by atoms with Gasteiger partial charge in [-0.1, -0.05) is 13.0 Å². The highest BCUT2D eigenvalue weighted by Gasteiger charge is 2.52. The molecule has 0 atom stereocenters. The lowest BCUT2D eigenvalue weighted by atomic mass is 9.78. The van der Waals surface area contributed by atoms with Crippen LogP contribution in [-0.2, 0) is 15.7 Å². The number of nitrogens with zero attached hydrogens (tertiary/aromatic N) is 2. The van der Waals surface area contributed by atoms with Crippen molar-refractivity contribution in [1.29, 1.82) is 5.26 Å². The SMILES string of the molecule is CCc1ccc(B2OC(C)(C)C(C)(C)O2)c(C#N)n1. The summed E-state index contributed by atoms with van der Waals surface area (Å²) in [4.78, 5) is 4.33. The number of pyridine rings is 1. The normalized spacial score (nSPS) is 20.3. The van der Waals surface area contributed by atoms with E-state index >= 15 is 0 Å². The summed E-state index contributed by atoms with van der Waals surface area (Å²) in [7, 11) is -0.530. The van der Waals surface area contributed by atoms with Gasteiger partial charge in [-0.15, -0.1) is 0 Å². The highest BCUT2D eigenvalue weighted by atomic mass is 16.7. The predicted molar refractivity (Wildman–Crippen MR) is 74.0 cm³/mol. The topological polar surface area (TPSA) is 55.1 Å². The number of hydrogen-bond donors (Lipinski definition) is 0. The van der Waals surface area contributed by atoms with Crippen LogP contribution in [0.1, 0.15) is 46.0 Å². The minimum absolute atomic E-state index is 0.387. The van der Waals surface area contributed by atoms with Crippen LogP contribution in [0.2, 0.25) is 0 Å². The van der Waals surface area contributed by atoms with Gasteiger partial charge in [0.25, 0.3) is 0 Å². The Bertz CT molecular complexity index is 519. The number of aryl methyl sites for hydroxylation is 1. The van der Waals surface area contributed by atoms with Crippen LogP contribution in [-0.4, -0.2) is 23.3 Å². The van der Waals surface area contributed by atoms with Crippen molar-refractivity contribution in [2.75, 3.05) is 0 Å². The Kier molecular flexibility index (Phi) is 3.42. The van der Waals surface area contributed by atoms with Gasteiger partial charge in [0, 0.05) is 11.2 Å². The molecule has 19 heavy (non-hydrogen) atoms. The largest absolute Gasteiger partial charge is 0.497 e. The molecule has 5 heteroatoms. The second kappa shape index (κ2) is 4.62. The monoisotopic (exact) mass is 258 g/mol. The molecule has 1 aliphatic rings. The summed E-state index contributed by atoms with van der Waals surface area (Å²) >= 11 is 0. The first kappa shape index (κ1) is 14.0. The molecular formula is C14H19BN2O2. The molecule has 0 unspecified atom stereocenters. The molecule has 1 saturated heterocycles. The fraction of sp³-hybridized carbons (Fsp3) is 0.571. The van der Waals surface area contributed by atoms with Crippen molar-refractivity contribution in [2.45, 2.75) is 52.2 Å². The van der Waals surface area contributed by atoms with Gasteiger partial charge < -0.3 is 9.31 Å². The Hall–Kier alpha value is -1.38. The zero-order valence-corrected chi connectivity index (χ0v) is 12.2. The average molecular weight is 258 g/mol. The molecule has 0 aliphatic carbocycles. The zero-order valence-electron chi connectivity index (χ0n) is 12.2. The van der Waals surface area contributed by atoms with Gasteiger partial charge in [0.05, 0.1) is 11.2 Å². The molecule has 0 saturated carbocycles. The molecule has 0 radical (unpaired) electrons. The van der Waals surface area contributed by atoms with Crippen molar-refractivity contribution in [3.8, 4) is 6.07 Å². The lowest BCUT2D eigenvalue weighted by molar-refractivity contribution is 0.00578. The Morgan fingerprint density at radius 3 is 2.26 bits per heavy atom. The molecule has 0 N–H and O–H groups in total. The third-order valence-corrected chi connectivity index (χ3v) is 3.96. The second-order valence-corrected chi connectivity index (χ2v) is 5.79. The van der Waals surface area contributed by atoms with Gasteiger partial charge in [-0.3, -0.25) is 0 Å². The van der Waals surface area contributed by atoms with Crippen molar-refractivity contribution in [1.82, 2.24) is 4.98 Å². The van der Waals surface area contributed by atoms with Crippen LogP contribution in [0.25, 0.3) is 0 Å². The van der Waals surface area contributed by atoms with Crippen LogP contribution < -0.4 is 5.46 Å². The lowest BCUT2D eigenvalue weighted by Gasteiger charge is -2.32. The highest BCUT2D eigenvalue weighted by Crippen LogP contribution is 2.36. The Morgan fingerprint density at radius 1 is 1.21 bits per heavy atom. The molecule has 2 heterocycles. The van der Waals surface area contributed by atoms with E-state index in [1.54, 1.807) is 0 Å². The Balaban J connectivity index is 2.37. The molecule has 100 valence electrons. The molecular weight excluding hydrogens is 239 g/mol. The highest BCUT2D eigenvalue weighted by molar-refractivity contribution is 6.62. The summed E-state index contributed by atoms with van der Waals surface area (Å²) in [6, 6.07) is 5.93. The third kappa shape index (κ3) is 2.38. The summed E-state index contributed by atoms with van der Waals surface area (Å²) in [5.74, 6) is 0.